The number of fused-ring (bicyclic) bond motifs is 1. The van der Waals surface area contributed by atoms with E-state index in [0.717, 1.165) is 18.4 Å². The molecule has 17 heavy (non-hydrogen) atoms. The van der Waals surface area contributed by atoms with Gasteiger partial charge in [-0.15, -0.1) is 0 Å². The van der Waals surface area contributed by atoms with Gasteiger partial charge in [-0.2, -0.15) is 0 Å². The first-order valence-electron chi connectivity index (χ1n) is 5.96. The van der Waals surface area contributed by atoms with Crippen LogP contribution in [-0.4, -0.2) is 5.11 Å². The SMILES string of the molecule is Oc1ccc2c(c1)CCC(c1ccccc1)[C]2. The number of benzene rings is 2. The van der Waals surface area contributed by atoms with Crippen LogP contribution in [0.25, 0.3) is 0 Å². The number of phenols is 1. The van der Waals surface area contributed by atoms with Gasteiger partial charge in [0.2, 0.25) is 0 Å². The van der Waals surface area contributed by atoms with E-state index < -0.39 is 0 Å². The van der Waals surface area contributed by atoms with E-state index in [2.05, 4.69) is 30.7 Å². The molecule has 2 aromatic rings. The first kappa shape index (κ1) is 10.4. The van der Waals surface area contributed by atoms with Crippen LogP contribution in [0.3, 0.4) is 0 Å². The van der Waals surface area contributed by atoms with Gasteiger partial charge < -0.3 is 5.11 Å². The van der Waals surface area contributed by atoms with Crippen molar-refractivity contribution in [2.45, 2.75) is 18.8 Å². The van der Waals surface area contributed by atoms with Crippen molar-refractivity contribution < 1.29 is 5.11 Å². The highest BCUT2D eigenvalue weighted by atomic mass is 16.3. The Bertz CT molecular complexity index is 516. The second-order valence-electron chi connectivity index (χ2n) is 4.49. The first-order valence-corrected chi connectivity index (χ1v) is 5.96. The molecule has 3 rings (SSSR count). The monoisotopic (exact) mass is 222 g/mol. The highest BCUT2D eigenvalue weighted by Crippen LogP contribution is 2.35. The molecular formula is C16H14O. The zero-order valence-corrected chi connectivity index (χ0v) is 9.56. The number of hydrogen-bond donors (Lipinski definition) is 1. The second kappa shape index (κ2) is 4.25. The third-order valence-electron chi connectivity index (χ3n) is 3.32. The Morgan fingerprint density at radius 2 is 1.88 bits per heavy atom. The van der Waals surface area contributed by atoms with E-state index >= 15 is 0 Å². The van der Waals surface area contributed by atoms with Crippen molar-refractivity contribution >= 4 is 0 Å². The second-order valence-corrected chi connectivity index (χ2v) is 4.49. The molecule has 0 spiro atoms. The fraction of sp³-hybridized carbons (Fsp3) is 0.188. The Hall–Kier alpha value is -1.76. The van der Waals surface area contributed by atoms with Gasteiger partial charge in [0.15, 0.2) is 0 Å². The smallest absolute Gasteiger partial charge is 0.115 e. The van der Waals surface area contributed by atoms with Gasteiger partial charge in [-0.3, -0.25) is 0 Å². The molecule has 1 nitrogen and oxygen atoms in total. The molecule has 0 aromatic heterocycles. The zero-order chi connectivity index (χ0) is 11.7. The third-order valence-corrected chi connectivity index (χ3v) is 3.32. The minimum Gasteiger partial charge on any atom is -0.508 e. The lowest BCUT2D eigenvalue weighted by Crippen LogP contribution is -2.10. The summed E-state index contributed by atoms with van der Waals surface area (Å²) in [5.41, 5.74) is 3.67. The maximum absolute atomic E-state index is 9.44. The number of rotatable bonds is 1. The average Bonchev–Trinajstić information content (AvgIpc) is 2.39. The van der Waals surface area contributed by atoms with Crippen molar-refractivity contribution in [2.24, 2.45) is 0 Å². The normalized spacial score (nSPS) is 18.7. The molecule has 0 aliphatic heterocycles. The van der Waals surface area contributed by atoms with Crippen molar-refractivity contribution in [3.8, 4) is 5.75 Å². The van der Waals surface area contributed by atoms with Gasteiger partial charge in [0, 0.05) is 6.42 Å². The predicted octanol–water partition coefficient (Wildman–Crippen LogP) is 3.55. The molecule has 1 N–H and O–H groups in total. The summed E-state index contributed by atoms with van der Waals surface area (Å²) in [5, 5.41) is 9.44. The van der Waals surface area contributed by atoms with Crippen LogP contribution < -0.4 is 0 Å². The molecule has 0 amide bonds. The maximum atomic E-state index is 9.44. The van der Waals surface area contributed by atoms with Gasteiger partial charge in [0.1, 0.15) is 5.75 Å². The Kier molecular flexibility index (Phi) is 2.60. The molecule has 1 unspecified atom stereocenters. The minimum absolute atomic E-state index is 0.351. The lowest BCUT2D eigenvalue weighted by molar-refractivity contribution is 0.473. The van der Waals surface area contributed by atoms with Crippen LogP contribution in [0.15, 0.2) is 48.5 Å². The summed E-state index contributed by atoms with van der Waals surface area (Å²) >= 11 is 0. The highest BCUT2D eigenvalue weighted by molar-refractivity contribution is 5.44. The quantitative estimate of drug-likeness (QED) is 0.782. The molecule has 1 atom stereocenters. The van der Waals surface area contributed by atoms with Gasteiger partial charge in [0.25, 0.3) is 0 Å². The summed E-state index contributed by atoms with van der Waals surface area (Å²) in [6, 6.07) is 16.0. The molecule has 0 heterocycles. The molecule has 0 fully saturated rings. The summed E-state index contributed by atoms with van der Waals surface area (Å²) in [7, 11) is 0. The van der Waals surface area contributed by atoms with E-state index in [1.54, 1.807) is 6.07 Å². The van der Waals surface area contributed by atoms with E-state index in [1.807, 2.05) is 18.2 Å². The third kappa shape index (κ3) is 2.05. The molecule has 84 valence electrons. The average molecular weight is 222 g/mol. The molecule has 2 radical (unpaired) electrons. The van der Waals surface area contributed by atoms with Gasteiger partial charge in [0.05, 0.1) is 0 Å². The summed E-state index contributed by atoms with van der Waals surface area (Å²) in [4.78, 5) is 0. The minimum atomic E-state index is 0.351. The molecule has 0 saturated carbocycles. The molecule has 0 saturated heterocycles. The van der Waals surface area contributed by atoms with E-state index in [-0.39, 0.29) is 0 Å². The molecular weight excluding hydrogens is 208 g/mol. The van der Waals surface area contributed by atoms with Crippen molar-refractivity contribution in [2.75, 3.05) is 0 Å². The van der Waals surface area contributed by atoms with Crippen molar-refractivity contribution in [3.63, 3.8) is 0 Å². The van der Waals surface area contributed by atoms with Crippen LogP contribution in [0, 0.1) is 6.42 Å². The Morgan fingerprint density at radius 1 is 1.06 bits per heavy atom. The standard InChI is InChI=1S/C16H14O/c17-16-9-8-14-10-13(6-7-15(14)11-16)12-4-2-1-3-5-12/h1-5,8-9,11,13,17H,6-7H2. The van der Waals surface area contributed by atoms with E-state index in [1.165, 1.54) is 11.1 Å². The van der Waals surface area contributed by atoms with Crippen LogP contribution in [0.5, 0.6) is 5.75 Å². The van der Waals surface area contributed by atoms with Crippen LogP contribution >= 0.6 is 0 Å². The Morgan fingerprint density at radius 3 is 2.71 bits per heavy atom. The predicted molar refractivity (Wildman–Crippen MR) is 68.0 cm³/mol. The lowest BCUT2D eigenvalue weighted by Gasteiger charge is -2.24. The number of aromatic hydroxyl groups is 1. The molecule has 0 bridgehead atoms. The van der Waals surface area contributed by atoms with Gasteiger partial charge >= 0.3 is 0 Å². The van der Waals surface area contributed by atoms with E-state index in [9.17, 15) is 5.11 Å². The van der Waals surface area contributed by atoms with Crippen LogP contribution in [0.1, 0.15) is 29.0 Å². The first-order chi connectivity index (χ1) is 8.33. The van der Waals surface area contributed by atoms with E-state index in [4.69, 9.17) is 0 Å². The van der Waals surface area contributed by atoms with Gasteiger partial charge in [-0.25, -0.2) is 0 Å². The molecule has 1 aliphatic rings. The van der Waals surface area contributed by atoms with Gasteiger partial charge in [-0.05, 0) is 47.6 Å². The summed E-state index contributed by atoms with van der Waals surface area (Å²) in [5.74, 6) is 0.733. The summed E-state index contributed by atoms with van der Waals surface area (Å²) in [6.45, 7) is 0. The summed E-state index contributed by atoms with van der Waals surface area (Å²) < 4.78 is 0. The Balaban J connectivity index is 1.88. The lowest BCUT2D eigenvalue weighted by atomic mass is 9.80. The van der Waals surface area contributed by atoms with Crippen molar-refractivity contribution in [1.29, 1.82) is 0 Å². The van der Waals surface area contributed by atoms with Crippen LogP contribution in [0.2, 0.25) is 0 Å². The molecule has 1 aliphatic carbocycles. The topological polar surface area (TPSA) is 20.2 Å². The fourth-order valence-corrected chi connectivity index (χ4v) is 2.42. The number of phenolic OH excluding ortho intramolecular Hbond substituents is 1. The molecule has 2 aromatic carbocycles. The number of aryl methyl sites for hydroxylation is 1. The van der Waals surface area contributed by atoms with Crippen LogP contribution in [-0.2, 0) is 6.42 Å². The summed E-state index contributed by atoms with van der Waals surface area (Å²) in [6.07, 6.45) is 5.61. The fourth-order valence-electron chi connectivity index (χ4n) is 2.42. The van der Waals surface area contributed by atoms with Gasteiger partial charge in [-0.1, -0.05) is 36.4 Å². The maximum Gasteiger partial charge on any atom is 0.115 e. The largest absolute Gasteiger partial charge is 0.508 e. The number of hydrogen-bond acceptors (Lipinski definition) is 1. The molecule has 1 heteroatoms. The highest BCUT2D eigenvalue weighted by Gasteiger charge is 2.20. The van der Waals surface area contributed by atoms with Crippen molar-refractivity contribution in [3.05, 3.63) is 71.6 Å². The van der Waals surface area contributed by atoms with E-state index in [0.29, 0.717) is 11.7 Å². The Labute approximate surface area is 102 Å². The zero-order valence-electron chi connectivity index (χ0n) is 9.56. The van der Waals surface area contributed by atoms with Crippen LogP contribution in [0.4, 0.5) is 0 Å². The van der Waals surface area contributed by atoms with Crippen molar-refractivity contribution in [1.82, 2.24) is 0 Å².